The van der Waals surface area contributed by atoms with Crippen LogP contribution in [0.2, 0.25) is 0 Å². The molecular formula is C19H16BrN3O4. The summed E-state index contributed by atoms with van der Waals surface area (Å²) in [6, 6.07) is 12.4. The highest BCUT2D eigenvalue weighted by atomic mass is 79.9. The van der Waals surface area contributed by atoms with E-state index in [9.17, 15) is 19.7 Å². The summed E-state index contributed by atoms with van der Waals surface area (Å²) >= 11 is 3.29. The fraction of sp³-hybridized carbons (Fsp3) is 0.0526. The fourth-order valence-electron chi connectivity index (χ4n) is 2.11. The molecule has 8 heteroatoms. The number of non-ortho nitro benzene ring substituents is 1. The van der Waals surface area contributed by atoms with Gasteiger partial charge >= 0.3 is 0 Å². The van der Waals surface area contributed by atoms with Crippen molar-refractivity contribution in [2.75, 3.05) is 6.54 Å². The van der Waals surface area contributed by atoms with Gasteiger partial charge < -0.3 is 10.6 Å². The number of benzene rings is 2. The van der Waals surface area contributed by atoms with Gasteiger partial charge in [-0.25, -0.2) is 0 Å². The number of rotatable bonds is 7. The number of hydrogen-bond donors (Lipinski definition) is 2. The molecule has 0 aliphatic heterocycles. The molecule has 2 aromatic rings. The number of nitro groups is 1. The first-order chi connectivity index (χ1) is 12.9. The third-order valence-electron chi connectivity index (χ3n) is 3.40. The monoisotopic (exact) mass is 429 g/mol. The molecule has 2 N–H and O–H groups in total. The van der Waals surface area contributed by atoms with Crippen LogP contribution in [-0.2, 0) is 4.79 Å². The average molecular weight is 430 g/mol. The topological polar surface area (TPSA) is 101 Å². The second kappa shape index (κ2) is 9.44. The van der Waals surface area contributed by atoms with Crippen LogP contribution in [0.15, 0.2) is 71.4 Å². The quantitative estimate of drug-likeness (QED) is 0.304. The molecule has 27 heavy (non-hydrogen) atoms. The molecule has 0 aromatic heterocycles. The van der Waals surface area contributed by atoms with Gasteiger partial charge in [0.2, 0.25) is 0 Å². The Kier molecular flexibility index (Phi) is 7.01. The van der Waals surface area contributed by atoms with E-state index in [0.29, 0.717) is 11.1 Å². The molecule has 0 spiro atoms. The van der Waals surface area contributed by atoms with Gasteiger partial charge in [0.1, 0.15) is 5.70 Å². The first-order valence-electron chi connectivity index (χ1n) is 7.83. The molecule has 2 amide bonds. The van der Waals surface area contributed by atoms with Crippen molar-refractivity contribution in [1.29, 1.82) is 0 Å². The number of nitrogens with one attached hydrogen (secondary N) is 2. The lowest BCUT2D eigenvalue weighted by Gasteiger charge is -2.10. The predicted octanol–water partition coefficient (Wildman–Crippen LogP) is 3.43. The maximum atomic E-state index is 12.4. The van der Waals surface area contributed by atoms with Crippen molar-refractivity contribution < 1.29 is 14.5 Å². The van der Waals surface area contributed by atoms with Crippen LogP contribution in [0.3, 0.4) is 0 Å². The number of nitrogens with zero attached hydrogens (tertiary/aromatic N) is 1. The fourth-order valence-corrected chi connectivity index (χ4v) is 2.37. The zero-order valence-electron chi connectivity index (χ0n) is 14.1. The van der Waals surface area contributed by atoms with Gasteiger partial charge in [-0.2, -0.15) is 0 Å². The van der Waals surface area contributed by atoms with Gasteiger partial charge in [-0.1, -0.05) is 34.1 Å². The molecule has 0 atom stereocenters. The van der Waals surface area contributed by atoms with E-state index in [0.717, 1.165) is 4.47 Å². The van der Waals surface area contributed by atoms with Crippen LogP contribution >= 0.6 is 15.9 Å². The molecule has 0 saturated heterocycles. The Balaban J connectivity index is 2.32. The lowest BCUT2D eigenvalue weighted by molar-refractivity contribution is -0.384. The Labute approximate surface area is 164 Å². The molecule has 2 rings (SSSR count). The summed E-state index contributed by atoms with van der Waals surface area (Å²) in [5.74, 6) is -1.01. The van der Waals surface area contributed by atoms with Crippen molar-refractivity contribution in [3.8, 4) is 0 Å². The second-order valence-electron chi connectivity index (χ2n) is 5.37. The maximum Gasteiger partial charge on any atom is 0.270 e. The number of halogens is 1. The van der Waals surface area contributed by atoms with Gasteiger partial charge in [0.25, 0.3) is 17.5 Å². The van der Waals surface area contributed by atoms with Gasteiger partial charge in [-0.05, 0) is 35.9 Å². The summed E-state index contributed by atoms with van der Waals surface area (Å²) in [5.41, 5.74) is 0.614. The minimum atomic E-state index is -0.535. The summed E-state index contributed by atoms with van der Waals surface area (Å²) in [6.45, 7) is 3.73. The van der Waals surface area contributed by atoms with Crippen molar-refractivity contribution >= 4 is 39.5 Å². The number of carbonyl (C=O) groups is 2. The van der Waals surface area contributed by atoms with E-state index in [2.05, 4.69) is 33.1 Å². The van der Waals surface area contributed by atoms with E-state index in [4.69, 9.17) is 0 Å². The Morgan fingerprint density at radius 3 is 2.52 bits per heavy atom. The zero-order chi connectivity index (χ0) is 19.8. The van der Waals surface area contributed by atoms with Crippen LogP contribution in [0.4, 0.5) is 5.69 Å². The van der Waals surface area contributed by atoms with Crippen LogP contribution in [-0.4, -0.2) is 23.3 Å². The average Bonchev–Trinajstić information content (AvgIpc) is 2.66. The van der Waals surface area contributed by atoms with Crippen LogP contribution in [0.5, 0.6) is 0 Å². The van der Waals surface area contributed by atoms with E-state index in [1.807, 2.05) is 0 Å². The van der Waals surface area contributed by atoms with Gasteiger partial charge in [0.05, 0.1) is 4.92 Å². The molecule has 0 bridgehead atoms. The molecule has 2 aromatic carbocycles. The lowest BCUT2D eigenvalue weighted by Crippen LogP contribution is -2.34. The van der Waals surface area contributed by atoms with Crippen LogP contribution in [0, 0.1) is 10.1 Å². The Hall–Kier alpha value is -3.26. The zero-order valence-corrected chi connectivity index (χ0v) is 15.7. The third kappa shape index (κ3) is 5.89. The number of carbonyl (C=O) groups excluding carboxylic acids is 2. The number of nitro benzene ring substituents is 1. The van der Waals surface area contributed by atoms with Crippen molar-refractivity contribution in [2.24, 2.45) is 0 Å². The van der Waals surface area contributed by atoms with Crippen molar-refractivity contribution in [3.63, 3.8) is 0 Å². The largest absolute Gasteiger partial charge is 0.347 e. The molecule has 0 heterocycles. The van der Waals surface area contributed by atoms with E-state index in [-0.39, 0.29) is 17.9 Å². The smallest absolute Gasteiger partial charge is 0.270 e. The van der Waals surface area contributed by atoms with Crippen molar-refractivity contribution in [2.45, 2.75) is 0 Å². The van der Waals surface area contributed by atoms with Crippen LogP contribution < -0.4 is 10.6 Å². The van der Waals surface area contributed by atoms with Gasteiger partial charge in [0.15, 0.2) is 0 Å². The SMILES string of the molecule is C=CCNC(=O)/C(=C/c1cccc([N+](=O)[O-])c1)NC(=O)c1ccc(Br)cc1. The predicted molar refractivity (Wildman–Crippen MR) is 106 cm³/mol. The highest BCUT2D eigenvalue weighted by molar-refractivity contribution is 9.10. The molecule has 7 nitrogen and oxygen atoms in total. The van der Waals surface area contributed by atoms with Gasteiger partial charge in [-0.3, -0.25) is 19.7 Å². The minimum Gasteiger partial charge on any atom is -0.347 e. The van der Waals surface area contributed by atoms with Crippen LogP contribution in [0.25, 0.3) is 6.08 Å². The Morgan fingerprint density at radius 2 is 1.89 bits per heavy atom. The van der Waals surface area contributed by atoms with Gasteiger partial charge in [0, 0.05) is 28.7 Å². The summed E-state index contributed by atoms with van der Waals surface area (Å²) in [5, 5.41) is 16.0. The second-order valence-corrected chi connectivity index (χ2v) is 6.29. The summed E-state index contributed by atoms with van der Waals surface area (Å²) in [7, 11) is 0. The first kappa shape index (κ1) is 20.1. The number of amides is 2. The normalized spacial score (nSPS) is 10.8. The standard InChI is InChI=1S/C19H16BrN3O4/c1-2-10-21-19(25)17(12-13-4-3-5-16(11-13)23(26)27)22-18(24)14-6-8-15(20)9-7-14/h2-9,11-12H,1,10H2,(H,21,25)(H,22,24)/b17-12-. The summed E-state index contributed by atoms with van der Waals surface area (Å²) in [6.07, 6.45) is 2.88. The Morgan fingerprint density at radius 1 is 1.19 bits per heavy atom. The molecule has 138 valence electrons. The third-order valence-corrected chi connectivity index (χ3v) is 3.93. The molecule has 0 aliphatic carbocycles. The van der Waals surface area contributed by atoms with Crippen LogP contribution in [0.1, 0.15) is 15.9 Å². The molecule has 0 fully saturated rings. The van der Waals surface area contributed by atoms with Crippen molar-refractivity contribution in [1.82, 2.24) is 10.6 Å². The van der Waals surface area contributed by atoms with E-state index < -0.39 is 16.7 Å². The molecule has 0 saturated carbocycles. The molecule has 0 radical (unpaired) electrons. The summed E-state index contributed by atoms with van der Waals surface area (Å²) in [4.78, 5) is 35.2. The highest BCUT2D eigenvalue weighted by Gasteiger charge is 2.15. The van der Waals surface area contributed by atoms with E-state index >= 15 is 0 Å². The molecule has 0 unspecified atom stereocenters. The number of hydrogen-bond acceptors (Lipinski definition) is 4. The van der Waals surface area contributed by atoms with Gasteiger partial charge in [-0.15, -0.1) is 6.58 Å². The minimum absolute atomic E-state index is 0.0368. The summed E-state index contributed by atoms with van der Waals surface area (Å²) < 4.78 is 0.815. The van der Waals surface area contributed by atoms with E-state index in [1.165, 1.54) is 30.4 Å². The lowest BCUT2D eigenvalue weighted by atomic mass is 10.1. The van der Waals surface area contributed by atoms with E-state index in [1.54, 1.807) is 30.3 Å². The molecular weight excluding hydrogens is 414 g/mol. The Bertz CT molecular complexity index is 907. The highest BCUT2D eigenvalue weighted by Crippen LogP contribution is 2.16. The first-order valence-corrected chi connectivity index (χ1v) is 8.62. The maximum absolute atomic E-state index is 12.4. The molecule has 0 aliphatic rings. The van der Waals surface area contributed by atoms with Crippen molar-refractivity contribution in [3.05, 3.63) is 92.6 Å².